The van der Waals surface area contributed by atoms with Gasteiger partial charge >= 0.3 is 0 Å². The van der Waals surface area contributed by atoms with E-state index in [1.165, 1.54) is 6.07 Å². The molecule has 2 aliphatic rings. The third-order valence-electron chi connectivity index (χ3n) is 4.16. The van der Waals surface area contributed by atoms with Crippen molar-refractivity contribution in [2.45, 2.75) is 36.2 Å². The molecule has 2 heterocycles. The minimum Gasteiger partial charge on any atom is -0.352 e. The van der Waals surface area contributed by atoms with Crippen LogP contribution in [0.4, 0.5) is 0 Å². The number of sulfone groups is 1. The number of benzene rings is 1. The van der Waals surface area contributed by atoms with Crippen molar-refractivity contribution < 1.29 is 13.2 Å². The summed E-state index contributed by atoms with van der Waals surface area (Å²) in [5, 5.41) is 10.9. The highest BCUT2D eigenvalue weighted by Gasteiger charge is 2.38. The van der Waals surface area contributed by atoms with Gasteiger partial charge in [-0.05, 0) is 30.2 Å². The van der Waals surface area contributed by atoms with Crippen molar-refractivity contribution in [2.24, 2.45) is 10.2 Å². The van der Waals surface area contributed by atoms with Crippen LogP contribution in [0.15, 0.2) is 33.3 Å². The molecule has 0 radical (unpaired) electrons. The van der Waals surface area contributed by atoms with E-state index in [9.17, 15) is 13.2 Å². The molecular formula is C16H17N3O3S. The summed E-state index contributed by atoms with van der Waals surface area (Å²) in [5.41, 5.74) is 0.782. The summed E-state index contributed by atoms with van der Waals surface area (Å²) >= 11 is 0. The average Bonchev–Trinajstić information content (AvgIpc) is 3.24. The summed E-state index contributed by atoms with van der Waals surface area (Å²) in [5.74, 6) is 2.46. The smallest absolute Gasteiger partial charge is 0.251 e. The highest BCUT2D eigenvalue weighted by atomic mass is 32.2. The second kappa shape index (κ2) is 5.78. The molecule has 120 valence electrons. The molecule has 7 heteroatoms. The van der Waals surface area contributed by atoms with E-state index in [1.807, 2.05) is 0 Å². The number of carbonyl (C=O) groups is 1. The van der Waals surface area contributed by atoms with Crippen molar-refractivity contribution in [3.8, 4) is 12.3 Å². The first-order valence-corrected chi connectivity index (χ1v) is 9.12. The lowest BCUT2D eigenvalue weighted by Crippen LogP contribution is -2.28. The van der Waals surface area contributed by atoms with E-state index in [0.29, 0.717) is 42.7 Å². The number of carbonyl (C=O) groups excluding carboxylic acids is 1. The Labute approximate surface area is 135 Å². The van der Waals surface area contributed by atoms with Gasteiger partial charge in [0, 0.05) is 31.4 Å². The number of nitrogens with one attached hydrogen (secondary N) is 1. The second-order valence-corrected chi connectivity index (χ2v) is 7.86. The maximum absolute atomic E-state index is 12.2. The number of terminal acetylenes is 1. The molecule has 0 aliphatic carbocycles. The number of amides is 1. The molecule has 0 bridgehead atoms. The molecule has 1 amide bonds. The fourth-order valence-corrected chi connectivity index (χ4v) is 4.26. The molecule has 23 heavy (non-hydrogen) atoms. The van der Waals surface area contributed by atoms with Crippen LogP contribution in [-0.4, -0.2) is 32.3 Å². The van der Waals surface area contributed by atoms with Gasteiger partial charge in [-0.2, -0.15) is 10.2 Å². The zero-order valence-electron chi connectivity index (χ0n) is 12.6. The summed E-state index contributed by atoms with van der Waals surface area (Å²) < 4.78 is 23.5. The Balaban J connectivity index is 1.57. The van der Waals surface area contributed by atoms with E-state index in [-0.39, 0.29) is 11.7 Å². The molecule has 0 saturated heterocycles. The van der Waals surface area contributed by atoms with Crippen molar-refractivity contribution in [3.63, 3.8) is 0 Å². The van der Waals surface area contributed by atoms with E-state index in [1.54, 1.807) is 12.1 Å². The largest absolute Gasteiger partial charge is 0.352 e. The number of aryl methyl sites for hydroxylation is 1. The van der Waals surface area contributed by atoms with Crippen molar-refractivity contribution in [3.05, 3.63) is 29.3 Å². The number of fused-ring (bicyclic) bond motifs is 1. The first-order valence-electron chi connectivity index (χ1n) is 7.47. The molecule has 1 N–H and O–H groups in total. The number of hydrogen-bond acceptors (Lipinski definition) is 5. The number of rotatable bonds is 6. The van der Waals surface area contributed by atoms with Crippen LogP contribution in [-0.2, 0) is 16.3 Å². The quantitative estimate of drug-likeness (QED) is 0.805. The Morgan fingerprint density at radius 1 is 1.35 bits per heavy atom. The minimum absolute atomic E-state index is 0.119. The van der Waals surface area contributed by atoms with Crippen LogP contribution in [0.3, 0.4) is 0 Å². The average molecular weight is 331 g/mol. The van der Waals surface area contributed by atoms with E-state index >= 15 is 0 Å². The van der Waals surface area contributed by atoms with Crippen LogP contribution in [0.1, 0.15) is 35.2 Å². The van der Waals surface area contributed by atoms with Gasteiger partial charge < -0.3 is 5.32 Å². The summed E-state index contributed by atoms with van der Waals surface area (Å²) in [4.78, 5) is 12.5. The Morgan fingerprint density at radius 2 is 2.13 bits per heavy atom. The Kier molecular flexibility index (Phi) is 3.94. The van der Waals surface area contributed by atoms with Gasteiger partial charge in [0.25, 0.3) is 5.91 Å². The van der Waals surface area contributed by atoms with Gasteiger partial charge in [-0.1, -0.05) is 0 Å². The van der Waals surface area contributed by atoms with E-state index in [0.717, 1.165) is 5.56 Å². The molecular weight excluding hydrogens is 314 g/mol. The zero-order valence-corrected chi connectivity index (χ0v) is 13.4. The SMILES string of the molecule is C#CCCC1(CCNC(=O)c2ccc3c(c2)CCS3(=O)=O)N=N1. The lowest BCUT2D eigenvalue weighted by Gasteiger charge is -2.10. The molecule has 1 aromatic carbocycles. The maximum atomic E-state index is 12.2. The molecule has 3 rings (SSSR count). The van der Waals surface area contributed by atoms with Crippen LogP contribution < -0.4 is 5.32 Å². The summed E-state index contributed by atoms with van der Waals surface area (Å²) in [6.45, 7) is 0.450. The van der Waals surface area contributed by atoms with Gasteiger partial charge in [-0.25, -0.2) is 8.42 Å². The minimum atomic E-state index is -3.16. The molecule has 0 spiro atoms. The van der Waals surface area contributed by atoms with Crippen molar-refractivity contribution >= 4 is 15.7 Å². The summed E-state index contributed by atoms with van der Waals surface area (Å²) in [6, 6.07) is 4.73. The molecule has 0 fully saturated rings. The highest BCUT2D eigenvalue weighted by molar-refractivity contribution is 7.91. The molecule has 0 aromatic heterocycles. The van der Waals surface area contributed by atoms with Gasteiger partial charge in [0.05, 0.1) is 10.6 Å². The van der Waals surface area contributed by atoms with E-state index in [4.69, 9.17) is 6.42 Å². The Morgan fingerprint density at radius 3 is 2.83 bits per heavy atom. The highest BCUT2D eigenvalue weighted by Crippen LogP contribution is 2.36. The zero-order chi connectivity index (χ0) is 16.5. The van der Waals surface area contributed by atoms with Crippen LogP contribution in [0, 0.1) is 12.3 Å². The second-order valence-electron chi connectivity index (χ2n) is 5.78. The Bertz CT molecular complexity index is 815. The summed E-state index contributed by atoms with van der Waals surface area (Å²) in [7, 11) is -3.16. The first-order chi connectivity index (χ1) is 11.0. The number of hydrogen-bond donors (Lipinski definition) is 1. The third kappa shape index (κ3) is 3.27. The molecule has 6 nitrogen and oxygen atoms in total. The number of nitrogens with zero attached hydrogens (tertiary/aromatic N) is 2. The van der Waals surface area contributed by atoms with Gasteiger partial charge in [0.1, 0.15) is 0 Å². The topological polar surface area (TPSA) is 88.0 Å². The summed E-state index contributed by atoms with van der Waals surface area (Å²) in [6.07, 6.45) is 7.64. The predicted octanol–water partition coefficient (Wildman–Crippen LogP) is 1.71. The van der Waals surface area contributed by atoms with Crippen LogP contribution in [0.25, 0.3) is 0 Å². The molecule has 1 aromatic rings. The fourth-order valence-electron chi connectivity index (χ4n) is 2.72. The van der Waals surface area contributed by atoms with Gasteiger partial charge in [0.15, 0.2) is 15.5 Å². The van der Waals surface area contributed by atoms with Gasteiger partial charge in [-0.3, -0.25) is 4.79 Å². The Hall–Kier alpha value is -2.20. The molecule has 2 aliphatic heterocycles. The van der Waals surface area contributed by atoms with Gasteiger partial charge in [0.2, 0.25) is 0 Å². The maximum Gasteiger partial charge on any atom is 0.251 e. The fraction of sp³-hybridized carbons (Fsp3) is 0.438. The predicted molar refractivity (Wildman–Crippen MR) is 84.8 cm³/mol. The van der Waals surface area contributed by atoms with Crippen LogP contribution >= 0.6 is 0 Å². The van der Waals surface area contributed by atoms with Crippen molar-refractivity contribution in [1.29, 1.82) is 0 Å². The lowest BCUT2D eigenvalue weighted by molar-refractivity contribution is 0.0951. The molecule has 0 saturated carbocycles. The molecule has 0 atom stereocenters. The van der Waals surface area contributed by atoms with Gasteiger partial charge in [-0.15, -0.1) is 12.3 Å². The van der Waals surface area contributed by atoms with Crippen molar-refractivity contribution in [2.75, 3.05) is 12.3 Å². The normalized spacial score (nSPS) is 18.9. The van der Waals surface area contributed by atoms with E-state index < -0.39 is 15.5 Å². The first kappa shape index (κ1) is 15.7. The van der Waals surface area contributed by atoms with Crippen molar-refractivity contribution in [1.82, 2.24) is 5.32 Å². The lowest BCUT2D eigenvalue weighted by atomic mass is 10.0. The van der Waals surface area contributed by atoms with E-state index in [2.05, 4.69) is 21.5 Å². The third-order valence-corrected chi connectivity index (χ3v) is 5.97. The van der Waals surface area contributed by atoms with Crippen LogP contribution in [0.2, 0.25) is 0 Å². The monoisotopic (exact) mass is 331 g/mol. The standard InChI is InChI=1S/C16H17N3O3S/c1-2-3-7-16(18-19-16)8-9-17-15(20)13-4-5-14-12(11-13)6-10-23(14,21)22/h1,4-5,11H,3,6-10H2,(H,17,20). The van der Waals surface area contributed by atoms with Crippen LogP contribution in [0.5, 0.6) is 0 Å². The molecule has 0 unspecified atom stereocenters.